The molecular weight excluding hydrogens is 426 g/mol. The smallest absolute Gasteiger partial charge is 0.235 e. The van der Waals surface area contributed by atoms with Gasteiger partial charge in [0.25, 0.3) is 0 Å². The van der Waals surface area contributed by atoms with E-state index in [1.54, 1.807) is 0 Å². The van der Waals surface area contributed by atoms with Crippen molar-refractivity contribution in [3.63, 3.8) is 0 Å². The van der Waals surface area contributed by atoms with Crippen molar-refractivity contribution in [3.05, 3.63) is 23.9 Å². The first kappa shape index (κ1) is 23.3. The predicted molar refractivity (Wildman–Crippen MR) is 135 cm³/mol. The monoisotopic (exact) mass is 465 g/mol. The van der Waals surface area contributed by atoms with Crippen molar-refractivity contribution in [1.82, 2.24) is 20.0 Å². The topological polar surface area (TPSA) is 70.5 Å². The zero-order valence-electron chi connectivity index (χ0n) is 20.8. The van der Waals surface area contributed by atoms with Gasteiger partial charge in [-0.15, -0.1) is 0 Å². The third-order valence-corrected chi connectivity index (χ3v) is 8.29. The molecule has 1 N–H and O–H groups in total. The third-order valence-electron chi connectivity index (χ3n) is 8.29. The lowest BCUT2D eigenvalue weighted by atomic mass is 9.86. The maximum atomic E-state index is 12.4. The maximum absolute atomic E-state index is 12.4. The molecule has 7 nitrogen and oxygen atoms in total. The first-order valence-electron chi connectivity index (χ1n) is 13.3. The Bertz CT molecular complexity index is 1040. The van der Waals surface area contributed by atoms with Gasteiger partial charge in [-0.05, 0) is 56.8 Å². The molecule has 1 aromatic heterocycles. The van der Waals surface area contributed by atoms with Crippen LogP contribution < -0.4 is 10.2 Å². The molecule has 1 aromatic carbocycles. The van der Waals surface area contributed by atoms with Crippen molar-refractivity contribution >= 4 is 28.4 Å². The summed E-state index contributed by atoms with van der Waals surface area (Å²) in [4.78, 5) is 29.1. The fourth-order valence-electron chi connectivity index (χ4n) is 6.36. The van der Waals surface area contributed by atoms with Crippen LogP contribution in [0.1, 0.15) is 76.3 Å². The average Bonchev–Trinajstić information content (AvgIpc) is 3.15. The Kier molecular flexibility index (Phi) is 6.91. The van der Waals surface area contributed by atoms with Gasteiger partial charge in [0, 0.05) is 50.2 Å². The van der Waals surface area contributed by atoms with Gasteiger partial charge < -0.3 is 4.90 Å². The van der Waals surface area contributed by atoms with Crippen LogP contribution in [0, 0.1) is 5.92 Å². The fraction of sp³-hybridized carbons (Fsp3) is 0.667. The molecule has 3 aliphatic rings. The zero-order valence-corrected chi connectivity index (χ0v) is 20.8. The van der Waals surface area contributed by atoms with Gasteiger partial charge in [0.2, 0.25) is 11.8 Å². The molecule has 3 fully saturated rings. The lowest BCUT2D eigenvalue weighted by Gasteiger charge is -2.41. The average molecular weight is 466 g/mol. The minimum absolute atomic E-state index is 0.189. The van der Waals surface area contributed by atoms with Crippen LogP contribution in [-0.4, -0.2) is 58.7 Å². The number of imide groups is 1. The van der Waals surface area contributed by atoms with Crippen LogP contribution >= 0.6 is 0 Å². The number of carbonyl (C=O) groups excluding carboxylic acids is 2. The lowest BCUT2D eigenvalue weighted by molar-refractivity contribution is -0.134. The Balaban J connectivity index is 1.23. The standard InChI is InChI=1S/C27H39N5O2/c1-19-18-31(14-6-9-20-7-4-3-5-8-20)15-16-32(19)21-10-11-22-24(17-21)30(2)29-26(22)23-12-13-25(33)28-27(23)34/h10-11,17,19-20,23H,3-9,12-16,18H2,1-2H3,(H,28,33,34)/t19-,23?/m1/s1. The molecule has 2 atom stereocenters. The first-order chi connectivity index (χ1) is 16.5. The first-order valence-corrected chi connectivity index (χ1v) is 13.3. The number of aryl methyl sites for hydroxylation is 1. The second kappa shape index (κ2) is 10.1. The molecule has 3 heterocycles. The van der Waals surface area contributed by atoms with Gasteiger partial charge >= 0.3 is 0 Å². The summed E-state index contributed by atoms with van der Waals surface area (Å²) in [6, 6.07) is 6.96. The molecule has 0 spiro atoms. The van der Waals surface area contributed by atoms with E-state index in [9.17, 15) is 9.59 Å². The van der Waals surface area contributed by atoms with Crippen molar-refractivity contribution in [2.45, 2.75) is 76.7 Å². The van der Waals surface area contributed by atoms with E-state index in [2.05, 4.69) is 40.2 Å². The number of nitrogens with zero attached hydrogens (tertiary/aromatic N) is 4. The molecule has 7 heteroatoms. The highest BCUT2D eigenvalue weighted by Gasteiger charge is 2.32. The van der Waals surface area contributed by atoms with Crippen molar-refractivity contribution in [2.24, 2.45) is 13.0 Å². The number of hydrogen-bond acceptors (Lipinski definition) is 5. The van der Waals surface area contributed by atoms with E-state index in [1.807, 2.05) is 11.7 Å². The van der Waals surface area contributed by atoms with E-state index >= 15 is 0 Å². The second-order valence-electron chi connectivity index (χ2n) is 10.7. The van der Waals surface area contributed by atoms with E-state index in [1.165, 1.54) is 57.2 Å². The Labute approximate surface area is 202 Å². The molecule has 1 unspecified atom stereocenters. The lowest BCUT2D eigenvalue weighted by Crippen LogP contribution is -2.52. The molecule has 34 heavy (non-hydrogen) atoms. The molecule has 0 radical (unpaired) electrons. The maximum Gasteiger partial charge on any atom is 0.235 e. The van der Waals surface area contributed by atoms with Crippen LogP contribution in [0.4, 0.5) is 5.69 Å². The molecule has 2 aromatic rings. The fourth-order valence-corrected chi connectivity index (χ4v) is 6.36. The SMILES string of the molecule is C[C@@H]1CN(CCCC2CCCCC2)CCN1c1ccc2c(C3CCC(=O)NC3=O)nn(C)c2c1. The molecule has 184 valence electrons. The van der Waals surface area contributed by atoms with Crippen LogP contribution in [-0.2, 0) is 16.6 Å². The highest BCUT2D eigenvalue weighted by molar-refractivity contribution is 6.02. The van der Waals surface area contributed by atoms with Gasteiger partial charge in [0.05, 0.1) is 17.1 Å². The summed E-state index contributed by atoms with van der Waals surface area (Å²) >= 11 is 0. The number of benzene rings is 1. The Hall–Kier alpha value is -2.41. The van der Waals surface area contributed by atoms with Gasteiger partial charge in [-0.3, -0.25) is 24.5 Å². The molecule has 2 amide bonds. The molecule has 0 bridgehead atoms. The number of fused-ring (bicyclic) bond motifs is 1. The molecular formula is C27H39N5O2. The largest absolute Gasteiger partial charge is 0.366 e. The minimum atomic E-state index is -0.358. The number of hydrogen-bond donors (Lipinski definition) is 1. The normalized spacial score (nSPS) is 25.2. The van der Waals surface area contributed by atoms with Crippen molar-refractivity contribution in [3.8, 4) is 0 Å². The highest BCUT2D eigenvalue weighted by Crippen LogP contribution is 2.33. The summed E-state index contributed by atoms with van der Waals surface area (Å²) in [5.41, 5.74) is 3.05. The molecule has 1 saturated carbocycles. The number of anilines is 1. The van der Waals surface area contributed by atoms with Gasteiger partial charge in [-0.2, -0.15) is 5.10 Å². The molecule has 2 saturated heterocycles. The van der Waals surface area contributed by atoms with Gasteiger partial charge in [0.15, 0.2) is 0 Å². The number of nitrogens with one attached hydrogen (secondary N) is 1. The van der Waals surface area contributed by atoms with Gasteiger partial charge in [-0.1, -0.05) is 32.1 Å². The number of aromatic nitrogens is 2. The summed E-state index contributed by atoms with van der Waals surface area (Å²) in [5.74, 6) is 0.200. The van der Waals surface area contributed by atoms with Crippen LogP contribution in [0.15, 0.2) is 18.2 Å². The van der Waals surface area contributed by atoms with Crippen molar-refractivity contribution < 1.29 is 9.59 Å². The molecule has 2 aliphatic heterocycles. The van der Waals surface area contributed by atoms with Gasteiger partial charge in [-0.25, -0.2) is 0 Å². The summed E-state index contributed by atoms with van der Waals surface area (Å²) in [6.07, 6.45) is 10.9. The van der Waals surface area contributed by atoms with E-state index in [0.29, 0.717) is 18.9 Å². The summed E-state index contributed by atoms with van der Waals surface area (Å²) in [5, 5.41) is 8.17. The number of piperidine rings is 1. The summed E-state index contributed by atoms with van der Waals surface area (Å²) in [7, 11) is 1.94. The van der Waals surface area contributed by atoms with E-state index in [0.717, 1.165) is 42.1 Å². The molecule has 1 aliphatic carbocycles. The van der Waals surface area contributed by atoms with E-state index < -0.39 is 0 Å². The van der Waals surface area contributed by atoms with Crippen molar-refractivity contribution in [1.29, 1.82) is 0 Å². The van der Waals surface area contributed by atoms with E-state index in [-0.39, 0.29) is 17.7 Å². The summed E-state index contributed by atoms with van der Waals surface area (Å²) in [6.45, 7) is 6.81. The minimum Gasteiger partial charge on any atom is -0.366 e. The van der Waals surface area contributed by atoms with Crippen molar-refractivity contribution in [2.75, 3.05) is 31.1 Å². The number of carbonyl (C=O) groups is 2. The van der Waals surface area contributed by atoms with Crippen LogP contribution in [0.25, 0.3) is 10.9 Å². The van der Waals surface area contributed by atoms with Gasteiger partial charge in [0.1, 0.15) is 0 Å². The Morgan fingerprint density at radius 1 is 1.09 bits per heavy atom. The third kappa shape index (κ3) is 4.85. The van der Waals surface area contributed by atoms with E-state index in [4.69, 9.17) is 5.10 Å². The zero-order chi connectivity index (χ0) is 23.7. The van der Waals surface area contributed by atoms with Crippen LogP contribution in [0.3, 0.4) is 0 Å². The highest BCUT2D eigenvalue weighted by atomic mass is 16.2. The summed E-state index contributed by atoms with van der Waals surface area (Å²) < 4.78 is 1.88. The predicted octanol–water partition coefficient (Wildman–Crippen LogP) is 3.96. The number of rotatable bonds is 6. The number of piperazine rings is 1. The van der Waals surface area contributed by atoms with Crippen LogP contribution in [0.5, 0.6) is 0 Å². The quantitative estimate of drug-likeness (QED) is 0.654. The Morgan fingerprint density at radius 2 is 1.91 bits per heavy atom. The molecule has 5 rings (SSSR count). The Morgan fingerprint density at radius 3 is 2.68 bits per heavy atom. The van der Waals surface area contributed by atoms with Crippen LogP contribution in [0.2, 0.25) is 0 Å². The second-order valence-corrected chi connectivity index (χ2v) is 10.7. The number of amides is 2.